The minimum absolute atomic E-state index is 0.411. The Kier molecular flexibility index (Phi) is 4.75. The molecule has 4 aromatic rings. The average Bonchev–Trinajstić information content (AvgIpc) is 3.29. The van der Waals surface area contributed by atoms with Crippen molar-refractivity contribution in [1.82, 2.24) is 30.0 Å². The number of amides is 1. The summed E-state index contributed by atoms with van der Waals surface area (Å²) in [5.74, 6) is 0.471. The summed E-state index contributed by atoms with van der Waals surface area (Å²) in [6, 6.07) is 11.6. The Bertz CT molecular complexity index is 1240. The minimum Gasteiger partial charge on any atom is -0.465 e. The lowest BCUT2D eigenvalue weighted by molar-refractivity contribution is 0.140. The van der Waals surface area contributed by atoms with Crippen LogP contribution in [0, 0.1) is 0 Å². The first-order valence-corrected chi connectivity index (χ1v) is 9.81. The van der Waals surface area contributed by atoms with Crippen LogP contribution in [0.15, 0.2) is 61.2 Å². The minimum atomic E-state index is -0.886. The summed E-state index contributed by atoms with van der Waals surface area (Å²) in [5, 5.41) is 19.6. The van der Waals surface area contributed by atoms with Crippen LogP contribution in [0.1, 0.15) is 11.1 Å². The van der Waals surface area contributed by atoms with Crippen LogP contribution in [-0.2, 0) is 13.0 Å². The summed E-state index contributed by atoms with van der Waals surface area (Å²) in [5.41, 5.74) is 6.38. The van der Waals surface area contributed by atoms with Gasteiger partial charge in [0.15, 0.2) is 0 Å². The van der Waals surface area contributed by atoms with E-state index >= 15 is 0 Å². The molecule has 0 atom stereocenters. The number of benzene rings is 1. The third kappa shape index (κ3) is 3.80. The predicted molar refractivity (Wildman–Crippen MR) is 115 cm³/mol. The highest BCUT2D eigenvalue weighted by Crippen LogP contribution is 2.29. The number of pyridine rings is 1. The summed E-state index contributed by atoms with van der Waals surface area (Å²) in [7, 11) is 0. The van der Waals surface area contributed by atoms with E-state index in [4.69, 9.17) is 0 Å². The first-order chi connectivity index (χ1) is 15.2. The molecule has 1 aromatic carbocycles. The molecule has 0 unspecified atom stereocenters. The molecule has 0 saturated carbocycles. The van der Waals surface area contributed by atoms with E-state index in [2.05, 4.69) is 30.5 Å². The van der Waals surface area contributed by atoms with Crippen LogP contribution in [0.4, 0.5) is 16.4 Å². The molecular weight excluding hydrogens is 394 g/mol. The highest BCUT2D eigenvalue weighted by Gasteiger charge is 2.20. The van der Waals surface area contributed by atoms with Crippen molar-refractivity contribution in [3.05, 3.63) is 72.3 Å². The molecule has 0 bridgehead atoms. The van der Waals surface area contributed by atoms with E-state index in [1.54, 1.807) is 24.8 Å². The van der Waals surface area contributed by atoms with Crippen LogP contribution in [0.2, 0.25) is 0 Å². The molecule has 0 saturated heterocycles. The SMILES string of the molecule is O=C(O)N1CCc2cc(Nc3nccc(-c4cn[nH]c4-c4cccnc4)n3)ccc2C1. The number of carboxylic acid groups (broad SMARTS) is 1. The van der Waals surface area contributed by atoms with Gasteiger partial charge in [0.2, 0.25) is 5.95 Å². The summed E-state index contributed by atoms with van der Waals surface area (Å²) in [6.45, 7) is 0.907. The van der Waals surface area contributed by atoms with E-state index in [1.807, 2.05) is 36.4 Å². The molecule has 3 aromatic heterocycles. The topological polar surface area (TPSA) is 120 Å². The van der Waals surface area contributed by atoms with Crippen LogP contribution < -0.4 is 5.32 Å². The third-order valence-corrected chi connectivity index (χ3v) is 5.27. The average molecular weight is 413 g/mol. The van der Waals surface area contributed by atoms with Gasteiger partial charge in [-0.05, 0) is 47.9 Å². The number of H-pyrrole nitrogens is 1. The molecular formula is C22H19N7O2. The van der Waals surface area contributed by atoms with E-state index in [0.717, 1.165) is 39.3 Å². The van der Waals surface area contributed by atoms with E-state index in [1.165, 1.54) is 4.90 Å². The second kappa shape index (κ2) is 7.86. The summed E-state index contributed by atoms with van der Waals surface area (Å²) in [6.07, 6.45) is 6.74. The van der Waals surface area contributed by atoms with Gasteiger partial charge in [-0.15, -0.1) is 0 Å². The molecule has 9 nitrogen and oxygen atoms in total. The van der Waals surface area contributed by atoms with Gasteiger partial charge in [-0.25, -0.2) is 14.8 Å². The van der Waals surface area contributed by atoms with Crippen LogP contribution in [0.5, 0.6) is 0 Å². The highest BCUT2D eigenvalue weighted by atomic mass is 16.4. The molecule has 0 aliphatic carbocycles. The van der Waals surface area contributed by atoms with Crippen molar-refractivity contribution >= 4 is 17.7 Å². The number of rotatable bonds is 4. The van der Waals surface area contributed by atoms with Gasteiger partial charge in [-0.3, -0.25) is 10.1 Å². The molecule has 1 amide bonds. The smallest absolute Gasteiger partial charge is 0.407 e. The second-order valence-electron chi connectivity index (χ2n) is 7.23. The summed E-state index contributed by atoms with van der Waals surface area (Å²) in [4.78, 5) is 25.8. The fourth-order valence-electron chi connectivity index (χ4n) is 3.70. The van der Waals surface area contributed by atoms with Crippen LogP contribution >= 0.6 is 0 Å². The Morgan fingerprint density at radius 2 is 2.06 bits per heavy atom. The molecule has 31 heavy (non-hydrogen) atoms. The van der Waals surface area contributed by atoms with Crippen LogP contribution in [0.25, 0.3) is 22.5 Å². The maximum absolute atomic E-state index is 11.2. The fraction of sp³-hybridized carbons (Fsp3) is 0.136. The largest absolute Gasteiger partial charge is 0.465 e. The van der Waals surface area contributed by atoms with Crippen molar-refractivity contribution in [1.29, 1.82) is 0 Å². The molecule has 4 heterocycles. The number of anilines is 2. The molecule has 9 heteroatoms. The van der Waals surface area contributed by atoms with Crippen molar-refractivity contribution < 1.29 is 9.90 Å². The van der Waals surface area contributed by atoms with E-state index in [-0.39, 0.29) is 0 Å². The second-order valence-corrected chi connectivity index (χ2v) is 7.23. The van der Waals surface area contributed by atoms with Gasteiger partial charge in [0.25, 0.3) is 0 Å². The standard InChI is InChI=1S/C22H19N7O2/c30-22(31)29-9-6-14-10-17(4-3-16(14)13-29)26-21-24-8-5-19(27-21)18-12-25-28-20(18)15-2-1-7-23-11-15/h1-5,7-8,10-12H,6,9,13H2,(H,25,28)(H,30,31)(H,24,26,27). The summed E-state index contributed by atoms with van der Waals surface area (Å²) < 4.78 is 0. The van der Waals surface area contributed by atoms with Gasteiger partial charge in [0, 0.05) is 48.5 Å². The molecule has 3 N–H and O–H groups in total. The van der Waals surface area contributed by atoms with Gasteiger partial charge in [-0.1, -0.05) is 6.07 Å². The number of aromatic amines is 1. The van der Waals surface area contributed by atoms with Gasteiger partial charge in [0.05, 0.1) is 17.6 Å². The number of nitrogens with one attached hydrogen (secondary N) is 2. The van der Waals surface area contributed by atoms with E-state index in [9.17, 15) is 9.90 Å². The monoisotopic (exact) mass is 413 g/mol. The van der Waals surface area contributed by atoms with Gasteiger partial charge >= 0.3 is 6.09 Å². The molecule has 0 radical (unpaired) electrons. The first kappa shape index (κ1) is 18.7. The molecule has 1 aliphatic rings. The zero-order valence-corrected chi connectivity index (χ0v) is 16.5. The zero-order chi connectivity index (χ0) is 21.2. The van der Waals surface area contributed by atoms with Crippen molar-refractivity contribution in [2.45, 2.75) is 13.0 Å². The lowest BCUT2D eigenvalue weighted by Gasteiger charge is -2.26. The Morgan fingerprint density at radius 3 is 2.90 bits per heavy atom. The van der Waals surface area contributed by atoms with Gasteiger partial charge in [-0.2, -0.15) is 5.10 Å². The fourth-order valence-corrected chi connectivity index (χ4v) is 3.70. The quantitative estimate of drug-likeness (QED) is 0.466. The van der Waals surface area contributed by atoms with Crippen LogP contribution in [-0.4, -0.2) is 47.8 Å². The number of fused-ring (bicyclic) bond motifs is 1. The van der Waals surface area contributed by atoms with Crippen LogP contribution in [0.3, 0.4) is 0 Å². The number of aromatic nitrogens is 5. The Hall–Kier alpha value is -4.27. The molecule has 0 spiro atoms. The van der Waals surface area contributed by atoms with Crippen molar-refractivity contribution in [3.8, 4) is 22.5 Å². The van der Waals surface area contributed by atoms with E-state index in [0.29, 0.717) is 25.5 Å². The predicted octanol–water partition coefficient (Wildman–Crippen LogP) is 3.71. The lowest BCUT2D eigenvalue weighted by atomic mass is 9.99. The highest BCUT2D eigenvalue weighted by molar-refractivity contribution is 5.78. The first-order valence-electron chi connectivity index (χ1n) is 9.81. The maximum Gasteiger partial charge on any atom is 0.407 e. The van der Waals surface area contributed by atoms with Gasteiger partial charge < -0.3 is 15.3 Å². The summed E-state index contributed by atoms with van der Waals surface area (Å²) >= 11 is 0. The third-order valence-electron chi connectivity index (χ3n) is 5.27. The van der Waals surface area contributed by atoms with Gasteiger partial charge in [0.1, 0.15) is 0 Å². The Balaban J connectivity index is 1.39. The lowest BCUT2D eigenvalue weighted by Crippen LogP contribution is -2.34. The Labute approximate surface area is 177 Å². The Morgan fingerprint density at radius 1 is 1.13 bits per heavy atom. The molecule has 5 rings (SSSR count). The number of nitrogens with zero attached hydrogens (tertiary/aromatic N) is 5. The van der Waals surface area contributed by atoms with Crippen molar-refractivity contribution in [3.63, 3.8) is 0 Å². The normalized spacial score (nSPS) is 13.0. The van der Waals surface area contributed by atoms with Crippen molar-refractivity contribution in [2.24, 2.45) is 0 Å². The molecule has 154 valence electrons. The van der Waals surface area contributed by atoms with E-state index < -0.39 is 6.09 Å². The van der Waals surface area contributed by atoms with Crippen molar-refractivity contribution in [2.75, 3.05) is 11.9 Å². The molecule has 1 aliphatic heterocycles. The number of carbonyl (C=O) groups is 1. The zero-order valence-electron chi connectivity index (χ0n) is 16.5. The maximum atomic E-state index is 11.2. The number of hydrogen-bond donors (Lipinski definition) is 3. The molecule has 0 fully saturated rings. The number of hydrogen-bond acceptors (Lipinski definition) is 6.